The van der Waals surface area contributed by atoms with E-state index in [-0.39, 0.29) is 11.5 Å². The standard InChI is InChI=1S/C24H21FN6O/c1-14-18(10-11-28-22-19(12-26)15(2)29-24(27)30-22)21(16-6-4-3-5-7-16)23(32)31-13-17(25)8-9-20(14)31/h3-9,13H,10-11H2,1-2H3,(H3,27,28,29,30). The summed E-state index contributed by atoms with van der Waals surface area (Å²) in [4.78, 5) is 21.5. The Labute approximate surface area is 184 Å². The van der Waals surface area contributed by atoms with Crippen molar-refractivity contribution < 1.29 is 4.39 Å². The molecular formula is C24H21FN6O. The van der Waals surface area contributed by atoms with Gasteiger partial charge < -0.3 is 11.1 Å². The van der Waals surface area contributed by atoms with E-state index in [1.165, 1.54) is 16.7 Å². The Morgan fingerprint density at radius 3 is 2.62 bits per heavy atom. The van der Waals surface area contributed by atoms with Crippen LogP contribution in [-0.2, 0) is 6.42 Å². The summed E-state index contributed by atoms with van der Waals surface area (Å²) in [5.41, 5.74) is 9.92. The molecule has 0 radical (unpaired) electrons. The molecule has 0 aliphatic heterocycles. The minimum absolute atomic E-state index is 0.0798. The fraction of sp³-hybridized carbons (Fsp3) is 0.167. The van der Waals surface area contributed by atoms with Crippen molar-refractivity contribution in [2.45, 2.75) is 20.3 Å². The molecule has 0 saturated heterocycles. The number of nitriles is 1. The van der Waals surface area contributed by atoms with Crippen LogP contribution in [0.4, 0.5) is 16.2 Å². The summed E-state index contributed by atoms with van der Waals surface area (Å²) >= 11 is 0. The number of hydrogen-bond acceptors (Lipinski definition) is 6. The van der Waals surface area contributed by atoms with Crippen LogP contribution in [0.2, 0.25) is 0 Å². The fourth-order valence-electron chi connectivity index (χ4n) is 3.92. The third-order valence-corrected chi connectivity index (χ3v) is 5.43. The molecule has 0 atom stereocenters. The number of hydrogen-bond donors (Lipinski definition) is 2. The highest BCUT2D eigenvalue weighted by Gasteiger charge is 2.18. The highest BCUT2D eigenvalue weighted by Crippen LogP contribution is 2.26. The van der Waals surface area contributed by atoms with Crippen LogP contribution in [0.1, 0.15) is 22.4 Å². The van der Waals surface area contributed by atoms with Gasteiger partial charge in [0, 0.05) is 12.7 Å². The summed E-state index contributed by atoms with van der Waals surface area (Å²) in [5, 5.41) is 12.6. The van der Waals surface area contributed by atoms with Crippen LogP contribution in [-0.4, -0.2) is 20.9 Å². The quantitative estimate of drug-likeness (QED) is 0.503. The first-order valence-corrected chi connectivity index (χ1v) is 10.1. The molecule has 160 valence electrons. The van der Waals surface area contributed by atoms with E-state index in [0.29, 0.717) is 41.1 Å². The van der Waals surface area contributed by atoms with E-state index in [0.717, 1.165) is 16.7 Å². The zero-order chi connectivity index (χ0) is 22.8. The number of anilines is 2. The molecule has 0 aliphatic carbocycles. The maximum Gasteiger partial charge on any atom is 0.263 e. The van der Waals surface area contributed by atoms with Crippen molar-refractivity contribution in [2.24, 2.45) is 0 Å². The molecule has 3 heterocycles. The van der Waals surface area contributed by atoms with Gasteiger partial charge in [0.05, 0.1) is 16.8 Å². The van der Waals surface area contributed by atoms with Gasteiger partial charge in [0.15, 0.2) is 0 Å². The van der Waals surface area contributed by atoms with Crippen LogP contribution in [0.5, 0.6) is 0 Å². The zero-order valence-electron chi connectivity index (χ0n) is 17.7. The number of nitrogens with one attached hydrogen (secondary N) is 1. The second-order valence-electron chi connectivity index (χ2n) is 7.43. The largest absolute Gasteiger partial charge is 0.368 e. The van der Waals surface area contributed by atoms with Crippen molar-refractivity contribution in [3.05, 3.63) is 87.2 Å². The molecule has 0 aliphatic rings. The summed E-state index contributed by atoms with van der Waals surface area (Å²) in [5.74, 6) is -0.0414. The monoisotopic (exact) mass is 428 g/mol. The highest BCUT2D eigenvalue weighted by atomic mass is 19.1. The number of benzene rings is 1. The Balaban J connectivity index is 1.79. The van der Waals surface area contributed by atoms with Gasteiger partial charge in [-0.05, 0) is 49.1 Å². The van der Waals surface area contributed by atoms with Crippen molar-refractivity contribution in [1.82, 2.24) is 14.4 Å². The number of nitrogens with zero attached hydrogens (tertiary/aromatic N) is 4. The molecule has 0 saturated carbocycles. The summed E-state index contributed by atoms with van der Waals surface area (Å²) < 4.78 is 15.2. The lowest BCUT2D eigenvalue weighted by atomic mass is 9.94. The van der Waals surface area contributed by atoms with Crippen LogP contribution in [0, 0.1) is 31.0 Å². The number of fused-ring (bicyclic) bond motifs is 1. The zero-order valence-corrected chi connectivity index (χ0v) is 17.7. The van der Waals surface area contributed by atoms with E-state index < -0.39 is 5.82 Å². The van der Waals surface area contributed by atoms with Crippen LogP contribution in [0.15, 0.2) is 53.5 Å². The number of nitrogens with two attached hydrogens (primary N) is 1. The Morgan fingerprint density at radius 1 is 1.16 bits per heavy atom. The molecule has 1 aromatic carbocycles. The molecule has 4 rings (SSSR count). The molecule has 32 heavy (non-hydrogen) atoms. The Morgan fingerprint density at radius 2 is 1.91 bits per heavy atom. The van der Waals surface area contributed by atoms with Gasteiger partial charge in [-0.25, -0.2) is 9.37 Å². The van der Waals surface area contributed by atoms with Gasteiger partial charge in [0.25, 0.3) is 5.56 Å². The molecule has 0 fully saturated rings. The lowest BCUT2D eigenvalue weighted by Gasteiger charge is -2.17. The number of aryl methyl sites for hydroxylation is 2. The van der Waals surface area contributed by atoms with Crippen LogP contribution >= 0.6 is 0 Å². The summed E-state index contributed by atoms with van der Waals surface area (Å²) in [7, 11) is 0. The van der Waals surface area contributed by atoms with Gasteiger partial charge >= 0.3 is 0 Å². The van der Waals surface area contributed by atoms with Gasteiger partial charge in [-0.15, -0.1) is 0 Å². The normalized spacial score (nSPS) is 10.8. The molecule has 0 bridgehead atoms. The van der Waals surface area contributed by atoms with E-state index in [2.05, 4.69) is 21.4 Å². The van der Waals surface area contributed by atoms with Gasteiger partial charge in [0.1, 0.15) is 23.3 Å². The lowest BCUT2D eigenvalue weighted by Crippen LogP contribution is -2.21. The van der Waals surface area contributed by atoms with Crippen LogP contribution in [0.3, 0.4) is 0 Å². The van der Waals surface area contributed by atoms with Crippen molar-refractivity contribution in [1.29, 1.82) is 5.26 Å². The average molecular weight is 428 g/mol. The van der Waals surface area contributed by atoms with Gasteiger partial charge in [0.2, 0.25) is 5.95 Å². The number of pyridine rings is 2. The molecule has 3 aromatic heterocycles. The maximum atomic E-state index is 13.9. The fourth-order valence-corrected chi connectivity index (χ4v) is 3.92. The summed E-state index contributed by atoms with van der Waals surface area (Å²) in [6.45, 7) is 4.02. The molecule has 0 spiro atoms. The summed E-state index contributed by atoms with van der Waals surface area (Å²) in [6.07, 6.45) is 1.69. The molecular weight excluding hydrogens is 407 g/mol. The van der Waals surface area contributed by atoms with Crippen LogP contribution < -0.4 is 16.6 Å². The average Bonchev–Trinajstić information content (AvgIpc) is 2.77. The minimum Gasteiger partial charge on any atom is -0.368 e. The van der Waals surface area contributed by atoms with E-state index in [1.807, 2.05) is 37.3 Å². The summed E-state index contributed by atoms with van der Waals surface area (Å²) in [6, 6.07) is 14.4. The van der Waals surface area contributed by atoms with E-state index in [9.17, 15) is 14.4 Å². The Bertz CT molecular complexity index is 1420. The molecule has 7 nitrogen and oxygen atoms in total. The van der Waals surface area contributed by atoms with Crippen molar-refractivity contribution in [3.63, 3.8) is 0 Å². The van der Waals surface area contributed by atoms with Crippen LogP contribution in [0.25, 0.3) is 16.6 Å². The number of aromatic nitrogens is 3. The molecule has 0 unspecified atom stereocenters. The number of halogens is 1. The van der Waals surface area contributed by atoms with E-state index in [4.69, 9.17) is 5.73 Å². The first kappa shape index (κ1) is 21.0. The SMILES string of the molecule is Cc1nc(N)nc(NCCc2c(-c3ccccc3)c(=O)n3cc(F)ccc3c2C)c1C#N. The van der Waals surface area contributed by atoms with Crippen molar-refractivity contribution in [3.8, 4) is 17.2 Å². The Hall–Kier alpha value is -4.25. The van der Waals surface area contributed by atoms with Gasteiger partial charge in [-0.2, -0.15) is 10.2 Å². The first-order chi connectivity index (χ1) is 15.4. The van der Waals surface area contributed by atoms with Crippen molar-refractivity contribution in [2.75, 3.05) is 17.6 Å². The smallest absolute Gasteiger partial charge is 0.263 e. The molecule has 4 aromatic rings. The van der Waals surface area contributed by atoms with Gasteiger partial charge in [-0.1, -0.05) is 30.3 Å². The van der Waals surface area contributed by atoms with Gasteiger partial charge in [-0.3, -0.25) is 9.20 Å². The van der Waals surface area contributed by atoms with E-state index in [1.54, 1.807) is 13.0 Å². The number of rotatable bonds is 5. The molecule has 3 N–H and O–H groups in total. The molecule has 0 amide bonds. The maximum absolute atomic E-state index is 13.9. The molecule has 8 heteroatoms. The predicted octanol–water partition coefficient (Wildman–Crippen LogP) is 3.62. The first-order valence-electron chi connectivity index (χ1n) is 10.1. The second-order valence-corrected chi connectivity index (χ2v) is 7.43. The number of nitrogen functional groups attached to an aromatic ring is 1. The third-order valence-electron chi connectivity index (χ3n) is 5.43. The Kier molecular flexibility index (Phi) is 5.56. The topological polar surface area (TPSA) is 109 Å². The second kappa shape index (κ2) is 8.47. The predicted molar refractivity (Wildman–Crippen MR) is 122 cm³/mol. The highest BCUT2D eigenvalue weighted by molar-refractivity contribution is 5.73. The lowest BCUT2D eigenvalue weighted by molar-refractivity contribution is 0.618. The third kappa shape index (κ3) is 3.76. The van der Waals surface area contributed by atoms with E-state index >= 15 is 0 Å². The minimum atomic E-state index is -0.479. The van der Waals surface area contributed by atoms with Crippen molar-refractivity contribution >= 4 is 17.3 Å².